The Morgan fingerprint density at radius 3 is 2.40 bits per heavy atom. The zero-order valence-electron chi connectivity index (χ0n) is 35.8. The molecule has 3 amide bonds. The molecule has 4 fully saturated rings. The summed E-state index contributed by atoms with van der Waals surface area (Å²) in [5, 5.41) is 5.06. The third-order valence-corrected chi connectivity index (χ3v) is 15.5. The standard InChI is InChI=1S/C46H47F3N6O8S2/c1-5-25-20-45(25,43(59)54-65(60,61)29-16-17-29)21-34(56)33-18-28(22-55(33)42(58)31(44(2,3)4)19-36-51-32(23-64-36)40(57)50-27-14-15-27)62-41-38-37(30-8-6-7-9-35(30)63-38)52-39(53-41)24-10-12-26(13-11-24)46(47,48)49/h5-13,23,25,27-29,31,33H,1,14-22H2,2-4H3,(H,50,57)(H,54,59)/t25-,28-,31-,33+,45-/m1/s1. The first kappa shape index (κ1) is 44.5. The maximum absolute atomic E-state index is 15.1. The molecule has 1 aliphatic heterocycles. The number of amides is 3. The van der Waals surface area contributed by atoms with Gasteiger partial charge in [-0.25, -0.2) is 18.4 Å². The minimum absolute atomic E-state index is 0.0473. The molecule has 0 bridgehead atoms. The second kappa shape index (κ2) is 16.3. The smallest absolute Gasteiger partial charge is 0.416 e. The molecule has 0 radical (unpaired) electrons. The largest absolute Gasteiger partial charge is 0.470 e. The molecule has 9 rings (SSSR count). The maximum Gasteiger partial charge on any atom is 0.416 e. The summed E-state index contributed by atoms with van der Waals surface area (Å²) < 4.78 is 81.3. The molecule has 0 spiro atoms. The van der Waals surface area contributed by atoms with Crippen molar-refractivity contribution in [2.75, 3.05) is 6.54 Å². The van der Waals surface area contributed by atoms with Gasteiger partial charge < -0.3 is 19.4 Å². The Morgan fingerprint density at radius 1 is 1.03 bits per heavy atom. The molecule has 4 aliphatic rings. The molecule has 3 aromatic heterocycles. The van der Waals surface area contributed by atoms with Crippen molar-refractivity contribution in [2.24, 2.45) is 22.7 Å². The molecule has 19 heteroatoms. The van der Waals surface area contributed by atoms with E-state index in [-0.39, 0.29) is 72.7 Å². The molecule has 1 saturated heterocycles. The Bertz CT molecular complexity index is 2850. The molecule has 342 valence electrons. The summed E-state index contributed by atoms with van der Waals surface area (Å²) in [6.07, 6.45) is -1.33. The van der Waals surface area contributed by atoms with Crippen molar-refractivity contribution >= 4 is 66.9 Å². The van der Waals surface area contributed by atoms with Gasteiger partial charge in [0.1, 0.15) is 22.9 Å². The van der Waals surface area contributed by atoms with E-state index in [1.165, 1.54) is 34.4 Å². The summed E-state index contributed by atoms with van der Waals surface area (Å²) in [5.74, 6) is -3.19. The summed E-state index contributed by atoms with van der Waals surface area (Å²) in [6, 6.07) is 10.4. The van der Waals surface area contributed by atoms with E-state index in [4.69, 9.17) is 9.15 Å². The summed E-state index contributed by atoms with van der Waals surface area (Å²) in [4.78, 5) is 71.8. The van der Waals surface area contributed by atoms with Crippen molar-refractivity contribution in [3.05, 3.63) is 82.8 Å². The number of thiazole rings is 1. The highest BCUT2D eigenvalue weighted by Crippen LogP contribution is 2.57. The van der Waals surface area contributed by atoms with Gasteiger partial charge in [-0.15, -0.1) is 17.9 Å². The number of sulfonamides is 1. The van der Waals surface area contributed by atoms with E-state index >= 15 is 4.79 Å². The number of rotatable bonds is 15. The van der Waals surface area contributed by atoms with Crippen LogP contribution in [0.4, 0.5) is 13.2 Å². The van der Waals surface area contributed by atoms with Crippen LogP contribution in [-0.2, 0) is 37.0 Å². The van der Waals surface area contributed by atoms with Crippen molar-refractivity contribution < 1.29 is 49.9 Å². The molecule has 5 atom stereocenters. The second-order valence-electron chi connectivity index (χ2n) is 18.7. The summed E-state index contributed by atoms with van der Waals surface area (Å²) in [5.41, 5.74) is -1.48. The zero-order chi connectivity index (χ0) is 46.2. The van der Waals surface area contributed by atoms with Gasteiger partial charge in [0.15, 0.2) is 11.6 Å². The number of Topliss-reactive ketones (excluding diaryl/α,β-unsaturated/α-hetero) is 1. The number of likely N-dealkylation sites (tertiary alicyclic amines) is 1. The van der Waals surface area contributed by atoms with Crippen molar-refractivity contribution in [1.29, 1.82) is 0 Å². The molecular formula is C46H47F3N6O8S2. The normalized spacial score (nSPS) is 22.7. The number of para-hydroxylation sites is 1. The lowest BCUT2D eigenvalue weighted by molar-refractivity contribution is -0.144. The van der Waals surface area contributed by atoms with E-state index in [1.54, 1.807) is 29.6 Å². The van der Waals surface area contributed by atoms with Gasteiger partial charge in [0.25, 0.3) is 11.8 Å². The van der Waals surface area contributed by atoms with E-state index in [9.17, 15) is 36.0 Å². The van der Waals surface area contributed by atoms with Gasteiger partial charge in [0, 0.05) is 47.6 Å². The van der Waals surface area contributed by atoms with Gasteiger partial charge in [-0.2, -0.15) is 18.2 Å². The molecule has 3 aliphatic carbocycles. The molecule has 65 heavy (non-hydrogen) atoms. The second-order valence-corrected chi connectivity index (χ2v) is 21.6. The maximum atomic E-state index is 15.1. The van der Waals surface area contributed by atoms with Crippen LogP contribution in [0, 0.1) is 22.7 Å². The lowest BCUT2D eigenvalue weighted by atomic mass is 9.77. The Kier molecular flexibility index (Phi) is 11.2. The number of nitrogens with zero attached hydrogens (tertiary/aromatic N) is 4. The molecular weight excluding hydrogens is 886 g/mol. The minimum Gasteiger partial charge on any atom is -0.470 e. The van der Waals surface area contributed by atoms with Gasteiger partial charge >= 0.3 is 6.18 Å². The number of furan rings is 1. The number of alkyl halides is 3. The van der Waals surface area contributed by atoms with Crippen molar-refractivity contribution in [3.63, 3.8) is 0 Å². The Balaban J connectivity index is 1.05. The average Bonchev–Trinajstić information content (AvgIpc) is 4.22. The van der Waals surface area contributed by atoms with Crippen LogP contribution in [0.1, 0.15) is 86.8 Å². The third kappa shape index (κ3) is 9.00. The number of ketones is 1. The molecule has 3 saturated carbocycles. The summed E-state index contributed by atoms with van der Waals surface area (Å²) in [6.45, 7) is 9.40. The predicted octanol–water partition coefficient (Wildman–Crippen LogP) is 7.42. The highest BCUT2D eigenvalue weighted by Gasteiger charge is 2.61. The Hall–Kier alpha value is -5.69. The molecule has 0 unspecified atom stereocenters. The Labute approximate surface area is 376 Å². The highest BCUT2D eigenvalue weighted by atomic mass is 32.2. The van der Waals surface area contributed by atoms with Crippen molar-refractivity contribution in [3.8, 4) is 17.3 Å². The van der Waals surface area contributed by atoms with Gasteiger partial charge in [-0.05, 0) is 67.7 Å². The average molecular weight is 933 g/mol. The quantitative estimate of drug-likeness (QED) is 0.0994. The van der Waals surface area contributed by atoms with E-state index in [1.807, 2.05) is 20.8 Å². The summed E-state index contributed by atoms with van der Waals surface area (Å²) >= 11 is 1.26. The van der Waals surface area contributed by atoms with Gasteiger partial charge in [-0.3, -0.25) is 23.9 Å². The number of nitrogens with one attached hydrogen (secondary N) is 2. The number of hydrogen-bond donors (Lipinski definition) is 2. The van der Waals surface area contributed by atoms with Gasteiger partial charge in [0.05, 0.1) is 33.8 Å². The van der Waals surface area contributed by atoms with Crippen LogP contribution >= 0.6 is 11.3 Å². The number of allylic oxidation sites excluding steroid dienone is 1. The monoisotopic (exact) mass is 932 g/mol. The van der Waals surface area contributed by atoms with Crippen LogP contribution in [0.3, 0.4) is 0 Å². The molecule has 2 aromatic carbocycles. The number of carbonyl (C=O) groups is 4. The van der Waals surface area contributed by atoms with Crippen LogP contribution in [0.15, 0.2) is 71.0 Å². The van der Waals surface area contributed by atoms with Crippen LogP contribution < -0.4 is 14.8 Å². The fourth-order valence-electron chi connectivity index (χ4n) is 8.62. The minimum atomic E-state index is -4.57. The highest BCUT2D eigenvalue weighted by molar-refractivity contribution is 7.90. The van der Waals surface area contributed by atoms with Crippen LogP contribution in [0.5, 0.6) is 5.88 Å². The van der Waals surface area contributed by atoms with Crippen LogP contribution in [0.25, 0.3) is 33.5 Å². The number of halogens is 3. The topological polar surface area (TPSA) is 191 Å². The lowest BCUT2D eigenvalue weighted by Gasteiger charge is -2.35. The van der Waals surface area contributed by atoms with E-state index in [2.05, 4.69) is 31.6 Å². The van der Waals surface area contributed by atoms with E-state index in [0.717, 1.165) is 25.0 Å². The van der Waals surface area contributed by atoms with Gasteiger partial charge in [0.2, 0.25) is 27.4 Å². The van der Waals surface area contributed by atoms with E-state index < -0.39 is 79.4 Å². The first-order chi connectivity index (χ1) is 30.7. The van der Waals surface area contributed by atoms with E-state index in [0.29, 0.717) is 34.3 Å². The number of fused-ring (bicyclic) bond motifs is 3. The number of ether oxygens (including phenoxy) is 1. The number of aromatic nitrogens is 3. The zero-order valence-corrected chi connectivity index (χ0v) is 37.4. The SMILES string of the molecule is C=C[C@@H]1C[C@]1(CC(=O)[C@@H]1C[C@@H](Oc2nc(-c3ccc(C(F)(F)F)cc3)nc3c2oc2ccccc23)CN1C(=O)[C@@H](Cc1nc(C(=O)NC2CC2)cs1)C(C)(C)C)C(=O)NS(=O)(=O)C1CC1. The number of hydrogen-bond acceptors (Lipinski definition) is 12. The fourth-order valence-corrected chi connectivity index (χ4v) is 10.8. The summed E-state index contributed by atoms with van der Waals surface area (Å²) in [7, 11) is -3.94. The van der Waals surface area contributed by atoms with Crippen LogP contribution in [-0.4, -0.2) is 81.8 Å². The predicted molar refractivity (Wildman–Crippen MR) is 234 cm³/mol. The van der Waals surface area contributed by atoms with Gasteiger partial charge in [-0.1, -0.05) is 51.1 Å². The first-order valence-corrected chi connectivity index (χ1v) is 24.0. The lowest BCUT2D eigenvalue weighted by Crippen LogP contribution is -2.48. The fraction of sp³-hybridized carbons (Fsp3) is 0.457. The van der Waals surface area contributed by atoms with Crippen LogP contribution in [0.2, 0.25) is 0 Å². The number of carbonyl (C=O) groups excluding carboxylic acids is 4. The molecule has 4 heterocycles. The molecule has 14 nitrogen and oxygen atoms in total. The first-order valence-electron chi connectivity index (χ1n) is 21.5. The van der Waals surface area contributed by atoms with Crippen molar-refractivity contribution in [1.82, 2.24) is 29.9 Å². The molecule has 5 aromatic rings. The number of benzene rings is 2. The Morgan fingerprint density at radius 2 is 1.75 bits per heavy atom. The molecule has 2 N–H and O–H groups in total. The van der Waals surface area contributed by atoms with Crippen molar-refractivity contribution in [2.45, 2.75) is 102 Å². The third-order valence-electron chi connectivity index (χ3n) is 12.8.